The minimum absolute atomic E-state index is 0.598. The molecule has 1 aromatic heterocycles. The maximum atomic E-state index is 5.94. The molecule has 2 aliphatic rings. The summed E-state index contributed by atoms with van der Waals surface area (Å²) in [5, 5.41) is 0. The largest absolute Gasteiger partial charge is 0.368 e. The molecule has 2 aromatic rings. The lowest BCUT2D eigenvalue weighted by Gasteiger charge is -2.39. The van der Waals surface area contributed by atoms with Gasteiger partial charge in [-0.15, -0.1) is 0 Å². The molecule has 0 aliphatic carbocycles. The fourth-order valence-corrected chi connectivity index (χ4v) is 5.15. The van der Waals surface area contributed by atoms with Crippen molar-refractivity contribution in [1.29, 1.82) is 0 Å². The second kappa shape index (κ2) is 7.57. The van der Waals surface area contributed by atoms with Gasteiger partial charge in [-0.25, -0.2) is 4.98 Å². The van der Waals surface area contributed by atoms with Crippen molar-refractivity contribution in [2.75, 3.05) is 37.7 Å². The van der Waals surface area contributed by atoms with Gasteiger partial charge in [-0.3, -0.25) is 4.90 Å². The van der Waals surface area contributed by atoms with E-state index in [9.17, 15) is 0 Å². The molecular formula is C21H34N4OSi. The molecule has 0 radical (unpaired) electrons. The highest BCUT2D eigenvalue weighted by atomic mass is 28.3. The van der Waals surface area contributed by atoms with Crippen molar-refractivity contribution in [3.05, 3.63) is 24.0 Å². The third kappa shape index (κ3) is 4.23. The van der Waals surface area contributed by atoms with E-state index < -0.39 is 8.07 Å². The standard InChI is InChI=1S/C21H34N4OSi/c1-17-12-21-19(22-15-25(21)16-26-10-11-27(2,3)4)13-20(17)24-9-8-23-7-5-6-18(23)14-24/h12-13,15,18H,5-11,14,16H2,1-4H3. The van der Waals surface area contributed by atoms with Gasteiger partial charge >= 0.3 is 0 Å². The number of rotatable bonds is 6. The van der Waals surface area contributed by atoms with Crippen LogP contribution < -0.4 is 4.90 Å². The van der Waals surface area contributed by atoms with Crippen molar-refractivity contribution in [2.45, 2.75) is 58.2 Å². The first-order valence-electron chi connectivity index (χ1n) is 10.4. The second-order valence-electron chi connectivity index (χ2n) is 9.47. The van der Waals surface area contributed by atoms with Crippen LogP contribution in [0.25, 0.3) is 11.0 Å². The van der Waals surface area contributed by atoms with Crippen LogP contribution in [0.5, 0.6) is 0 Å². The molecular weight excluding hydrogens is 352 g/mol. The lowest BCUT2D eigenvalue weighted by molar-refractivity contribution is 0.0898. The number of benzene rings is 1. The van der Waals surface area contributed by atoms with Gasteiger partial charge in [0.1, 0.15) is 6.73 Å². The van der Waals surface area contributed by atoms with E-state index in [4.69, 9.17) is 4.74 Å². The van der Waals surface area contributed by atoms with Crippen molar-refractivity contribution >= 4 is 24.8 Å². The molecule has 0 spiro atoms. The summed E-state index contributed by atoms with van der Waals surface area (Å²) >= 11 is 0. The monoisotopic (exact) mass is 386 g/mol. The Morgan fingerprint density at radius 1 is 1.19 bits per heavy atom. The van der Waals surface area contributed by atoms with Crippen LogP contribution in [0.1, 0.15) is 18.4 Å². The van der Waals surface area contributed by atoms with E-state index in [1.54, 1.807) is 0 Å². The van der Waals surface area contributed by atoms with E-state index >= 15 is 0 Å². The summed E-state index contributed by atoms with van der Waals surface area (Å²) in [6.07, 6.45) is 4.64. The Bertz CT molecular complexity index is 797. The van der Waals surface area contributed by atoms with Crippen LogP contribution in [0.2, 0.25) is 25.7 Å². The molecule has 2 aliphatic heterocycles. The predicted molar refractivity (Wildman–Crippen MR) is 115 cm³/mol. The van der Waals surface area contributed by atoms with E-state index in [0.717, 1.165) is 31.3 Å². The van der Waals surface area contributed by atoms with E-state index in [1.807, 2.05) is 6.33 Å². The summed E-state index contributed by atoms with van der Waals surface area (Å²) in [5.74, 6) is 0. The highest BCUT2D eigenvalue weighted by Crippen LogP contribution is 2.30. The second-order valence-corrected chi connectivity index (χ2v) is 15.1. The Morgan fingerprint density at radius 2 is 2.04 bits per heavy atom. The number of fused-ring (bicyclic) bond motifs is 2. The van der Waals surface area contributed by atoms with Crippen LogP contribution in [0.15, 0.2) is 18.5 Å². The van der Waals surface area contributed by atoms with Crippen LogP contribution in [-0.2, 0) is 11.5 Å². The quantitative estimate of drug-likeness (QED) is 0.556. The van der Waals surface area contributed by atoms with Crippen LogP contribution in [-0.4, -0.2) is 61.4 Å². The SMILES string of the molecule is Cc1cc2c(cc1N1CCN3CCCC3C1)ncn2COCC[Si](C)(C)C. The maximum Gasteiger partial charge on any atom is 0.124 e. The molecule has 1 atom stereocenters. The summed E-state index contributed by atoms with van der Waals surface area (Å²) in [6.45, 7) is 15.6. The molecule has 0 amide bonds. The Kier molecular flexibility index (Phi) is 5.31. The molecule has 2 saturated heterocycles. The Morgan fingerprint density at radius 3 is 2.85 bits per heavy atom. The van der Waals surface area contributed by atoms with Gasteiger partial charge in [-0.1, -0.05) is 19.6 Å². The number of nitrogens with zero attached hydrogens (tertiary/aromatic N) is 4. The highest BCUT2D eigenvalue weighted by Gasteiger charge is 2.31. The molecule has 1 aromatic carbocycles. The van der Waals surface area contributed by atoms with Gasteiger partial charge in [0, 0.05) is 46.0 Å². The lowest BCUT2D eigenvalue weighted by Crippen LogP contribution is -2.50. The van der Waals surface area contributed by atoms with E-state index in [0.29, 0.717) is 6.73 Å². The van der Waals surface area contributed by atoms with Crippen molar-refractivity contribution < 1.29 is 4.74 Å². The summed E-state index contributed by atoms with van der Waals surface area (Å²) in [4.78, 5) is 9.90. The normalized spacial score (nSPS) is 21.2. The number of hydrogen-bond donors (Lipinski definition) is 0. The van der Waals surface area contributed by atoms with Gasteiger partial charge in [0.05, 0.1) is 17.4 Å². The van der Waals surface area contributed by atoms with Crippen molar-refractivity contribution in [1.82, 2.24) is 14.5 Å². The summed E-state index contributed by atoms with van der Waals surface area (Å²) in [7, 11) is -1.04. The van der Waals surface area contributed by atoms with E-state index in [-0.39, 0.29) is 0 Å². The van der Waals surface area contributed by atoms with Crippen LogP contribution in [0.3, 0.4) is 0 Å². The average molecular weight is 387 g/mol. The Labute approximate surface area is 164 Å². The smallest absolute Gasteiger partial charge is 0.124 e. The molecule has 2 fully saturated rings. The summed E-state index contributed by atoms with van der Waals surface area (Å²) in [6, 6.07) is 6.52. The van der Waals surface area contributed by atoms with Gasteiger partial charge in [0.15, 0.2) is 0 Å². The topological polar surface area (TPSA) is 33.5 Å². The first kappa shape index (κ1) is 19.0. The van der Waals surface area contributed by atoms with Gasteiger partial charge in [-0.2, -0.15) is 0 Å². The summed E-state index contributed by atoms with van der Waals surface area (Å²) in [5.41, 5.74) is 4.97. The van der Waals surface area contributed by atoms with Gasteiger partial charge in [-0.05, 0) is 50.1 Å². The fourth-order valence-electron chi connectivity index (χ4n) is 4.39. The van der Waals surface area contributed by atoms with Crippen molar-refractivity contribution in [3.8, 4) is 0 Å². The summed E-state index contributed by atoms with van der Waals surface area (Å²) < 4.78 is 8.08. The first-order chi connectivity index (χ1) is 12.9. The van der Waals surface area contributed by atoms with E-state index in [1.165, 1.54) is 48.7 Å². The zero-order chi connectivity index (χ0) is 19.0. The molecule has 1 unspecified atom stereocenters. The molecule has 0 bridgehead atoms. The van der Waals surface area contributed by atoms with Crippen LogP contribution in [0, 0.1) is 6.92 Å². The number of aryl methyl sites for hydroxylation is 1. The number of piperazine rings is 1. The predicted octanol–water partition coefficient (Wildman–Crippen LogP) is 3.94. The zero-order valence-electron chi connectivity index (χ0n) is 17.4. The van der Waals surface area contributed by atoms with Crippen molar-refractivity contribution in [2.24, 2.45) is 0 Å². The zero-order valence-corrected chi connectivity index (χ0v) is 18.4. The molecule has 27 heavy (non-hydrogen) atoms. The van der Waals surface area contributed by atoms with Gasteiger partial charge in [0.25, 0.3) is 0 Å². The number of ether oxygens (including phenoxy) is 1. The molecule has 0 saturated carbocycles. The van der Waals surface area contributed by atoms with Gasteiger partial charge in [0.2, 0.25) is 0 Å². The fraction of sp³-hybridized carbons (Fsp3) is 0.667. The highest BCUT2D eigenvalue weighted by molar-refractivity contribution is 6.76. The maximum absolute atomic E-state index is 5.94. The Balaban J connectivity index is 1.46. The molecule has 3 heterocycles. The molecule has 6 heteroatoms. The van der Waals surface area contributed by atoms with Crippen molar-refractivity contribution in [3.63, 3.8) is 0 Å². The third-order valence-corrected chi connectivity index (χ3v) is 7.80. The molecule has 148 valence electrons. The minimum Gasteiger partial charge on any atom is -0.368 e. The number of hydrogen-bond acceptors (Lipinski definition) is 4. The number of aromatic nitrogens is 2. The number of imidazole rings is 1. The van der Waals surface area contributed by atoms with Crippen LogP contribution in [0.4, 0.5) is 5.69 Å². The Hall–Kier alpha value is -1.37. The molecule has 5 nitrogen and oxygen atoms in total. The third-order valence-electron chi connectivity index (χ3n) is 6.09. The number of anilines is 1. The van der Waals surface area contributed by atoms with E-state index in [2.05, 4.69) is 58.0 Å². The van der Waals surface area contributed by atoms with Gasteiger partial charge < -0.3 is 14.2 Å². The van der Waals surface area contributed by atoms with Crippen LogP contribution >= 0.6 is 0 Å². The first-order valence-corrected chi connectivity index (χ1v) is 14.1. The molecule has 0 N–H and O–H groups in total. The average Bonchev–Trinajstić information content (AvgIpc) is 3.23. The lowest BCUT2D eigenvalue weighted by atomic mass is 10.1. The molecule has 4 rings (SSSR count). The minimum atomic E-state index is -1.04.